The van der Waals surface area contributed by atoms with E-state index in [1.165, 1.54) is 12.1 Å². The van der Waals surface area contributed by atoms with Gasteiger partial charge in [-0.05, 0) is 42.5 Å². The van der Waals surface area contributed by atoms with Gasteiger partial charge < -0.3 is 15.8 Å². The van der Waals surface area contributed by atoms with E-state index >= 15 is 0 Å². The molecule has 3 N–H and O–H groups in total. The fourth-order valence-electron chi connectivity index (χ4n) is 2.57. The van der Waals surface area contributed by atoms with Crippen molar-refractivity contribution in [1.82, 2.24) is 0 Å². The summed E-state index contributed by atoms with van der Waals surface area (Å²) in [4.78, 5) is 24.1. The van der Waals surface area contributed by atoms with Gasteiger partial charge in [0.1, 0.15) is 5.75 Å². The first kappa shape index (κ1) is 19.7. The van der Waals surface area contributed by atoms with Gasteiger partial charge in [-0.3, -0.25) is 9.59 Å². The van der Waals surface area contributed by atoms with E-state index < -0.39 is 17.9 Å². The number of amides is 2. The third kappa shape index (κ3) is 5.03. The molecule has 3 aromatic rings. The van der Waals surface area contributed by atoms with E-state index in [4.69, 9.17) is 33.7 Å². The SMILES string of the molecule is NC(=O)c1ccc(O[C@H](C(=O)Nc2cc(Cl)cc(Cl)c2)c2ccccc2)cc1. The van der Waals surface area contributed by atoms with Gasteiger partial charge in [-0.2, -0.15) is 0 Å². The molecule has 0 unspecified atom stereocenters. The van der Waals surface area contributed by atoms with Crippen LogP contribution in [0.2, 0.25) is 10.0 Å². The predicted octanol–water partition coefficient (Wildman–Crippen LogP) is 4.85. The molecule has 0 fully saturated rings. The van der Waals surface area contributed by atoms with Crippen LogP contribution >= 0.6 is 23.2 Å². The van der Waals surface area contributed by atoms with Gasteiger partial charge in [0, 0.05) is 26.9 Å². The minimum absolute atomic E-state index is 0.349. The van der Waals surface area contributed by atoms with Crippen molar-refractivity contribution in [3.8, 4) is 5.75 Å². The molecule has 1 atom stereocenters. The number of hydrogen-bond acceptors (Lipinski definition) is 3. The molecule has 3 aromatic carbocycles. The topological polar surface area (TPSA) is 81.4 Å². The maximum absolute atomic E-state index is 12.9. The minimum Gasteiger partial charge on any atom is -0.476 e. The molecular formula is C21H16Cl2N2O3. The Kier molecular flexibility index (Phi) is 6.19. The van der Waals surface area contributed by atoms with Gasteiger partial charge in [-0.15, -0.1) is 0 Å². The number of nitrogens with one attached hydrogen (secondary N) is 1. The van der Waals surface area contributed by atoms with Crippen molar-refractivity contribution in [1.29, 1.82) is 0 Å². The Morgan fingerprint density at radius 3 is 2.07 bits per heavy atom. The van der Waals surface area contributed by atoms with Crippen LogP contribution in [0.1, 0.15) is 22.0 Å². The smallest absolute Gasteiger partial charge is 0.270 e. The fraction of sp³-hybridized carbons (Fsp3) is 0.0476. The van der Waals surface area contributed by atoms with Gasteiger partial charge in [0.25, 0.3) is 5.91 Å². The standard InChI is InChI=1S/C21H16Cl2N2O3/c22-15-10-16(23)12-17(11-15)25-21(27)19(13-4-2-1-3-5-13)28-18-8-6-14(7-9-18)20(24)26/h1-12,19H,(H2,24,26)(H,25,27)/t19-/m0/s1. The molecule has 2 amide bonds. The van der Waals surface area contributed by atoms with Gasteiger partial charge >= 0.3 is 0 Å². The average molecular weight is 415 g/mol. The Bertz CT molecular complexity index is 972. The van der Waals surface area contributed by atoms with Crippen molar-refractivity contribution in [2.24, 2.45) is 5.73 Å². The zero-order valence-electron chi connectivity index (χ0n) is 14.6. The largest absolute Gasteiger partial charge is 0.476 e. The highest BCUT2D eigenvalue weighted by Crippen LogP contribution is 2.26. The lowest BCUT2D eigenvalue weighted by molar-refractivity contribution is -0.123. The summed E-state index contributed by atoms with van der Waals surface area (Å²) in [7, 11) is 0. The second kappa shape index (κ2) is 8.78. The zero-order chi connectivity index (χ0) is 20.1. The van der Waals surface area contributed by atoms with Crippen LogP contribution in [0.4, 0.5) is 5.69 Å². The molecule has 0 spiro atoms. The minimum atomic E-state index is -0.932. The van der Waals surface area contributed by atoms with Crippen LogP contribution in [0.5, 0.6) is 5.75 Å². The summed E-state index contributed by atoms with van der Waals surface area (Å²) in [5.74, 6) is -0.525. The maximum atomic E-state index is 12.9. The number of ether oxygens (including phenoxy) is 1. The van der Waals surface area contributed by atoms with Gasteiger partial charge in [-0.25, -0.2) is 0 Å². The molecule has 0 bridgehead atoms. The molecule has 0 aliphatic heterocycles. The first-order valence-corrected chi connectivity index (χ1v) is 9.06. The van der Waals surface area contributed by atoms with E-state index in [1.54, 1.807) is 42.5 Å². The summed E-state index contributed by atoms with van der Waals surface area (Å²) in [5, 5.41) is 3.57. The third-order valence-corrected chi connectivity index (χ3v) is 4.30. The number of anilines is 1. The summed E-state index contributed by atoms with van der Waals surface area (Å²) in [5.41, 5.74) is 6.71. The van der Waals surface area contributed by atoms with E-state index in [1.807, 2.05) is 18.2 Å². The number of benzene rings is 3. The van der Waals surface area contributed by atoms with Gasteiger partial charge in [0.05, 0.1) is 0 Å². The number of rotatable bonds is 6. The van der Waals surface area contributed by atoms with Crippen molar-refractivity contribution in [3.05, 3.63) is 94.0 Å². The monoisotopic (exact) mass is 414 g/mol. The molecule has 0 saturated carbocycles. The fourth-order valence-corrected chi connectivity index (χ4v) is 3.09. The van der Waals surface area contributed by atoms with Crippen LogP contribution in [-0.4, -0.2) is 11.8 Å². The van der Waals surface area contributed by atoms with E-state index in [0.717, 1.165) is 0 Å². The van der Waals surface area contributed by atoms with Crippen molar-refractivity contribution < 1.29 is 14.3 Å². The number of carbonyl (C=O) groups is 2. The third-order valence-electron chi connectivity index (χ3n) is 3.86. The number of carbonyl (C=O) groups excluding carboxylic acids is 2. The number of hydrogen-bond donors (Lipinski definition) is 2. The molecule has 142 valence electrons. The van der Waals surface area contributed by atoms with Crippen LogP contribution in [0, 0.1) is 0 Å². The summed E-state index contributed by atoms with van der Waals surface area (Å²) < 4.78 is 5.90. The second-order valence-electron chi connectivity index (χ2n) is 5.94. The van der Waals surface area contributed by atoms with Crippen LogP contribution < -0.4 is 15.8 Å². The molecule has 0 aliphatic rings. The Morgan fingerprint density at radius 2 is 1.50 bits per heavy atom. The van der Waals surface area contributed by atoms with E-state index in [2.05, 4.69) is 5.32 Å². The van der Waals surface area contributed by atoms with Gasteiger partial charge in [0.15, 0.2) is 0 Å². The highest BCUT2D eigenvalue weighted by molar-refractivity contribution is 6.35. The van der Waals surface area contributed by atoms with Crippen LogP contribution in [0.15, 0.2) is 72.8 Å². The Labute approximate surface area is 172 Å². The summed E-state index contributed by atoms with van der Waals surface area (Å²) in [6.45, 7) is 0. The van der Waals surface area contributed by atoms with Crippen molar-refractivity contribution >= 4 is 40.7 Å². The normalized spacial score (nSPS) is 11.5. The quantitative estimate of drug-likeness (QED) is 0.604. The van der Waals surface area contributed by atoms with Crippen molar-refractivity contribution in [3.63, 3.8) is 0 Å². The first-order valence-electron chi connectivity index (χ1n) is 8.31. The van der Waals surface area contributed by atoms with E-state index in [0.29, 0.717) is 32.6 Å². The molecule has 0 aromatic heterocycles. The summed E-state index contributed by atoms with van der Waals surface area (Å²) in [6.07, 6.45) is -0.932. The molecular weight excluding hydrogens is 399 g/mol. The molecule has 5 nitrogen and oxygen atoms in total. The Balaban J connectivity index is 1.86. The Hall–Kier alpha value is -3.02. The molecule has 7 heteroatoms. The van der Waals surface area contributed by atoms with Gasteiger partial charge in [-0.1, -0.05) is 53.5 Å². The van der Waals surface area contributed by atoms with Crippen LogP contribution in [-0.2, 0) is 4.79 Å². The van der Waals surface area contributed by atoms with E-state index in [9.17, 15) is 9.59 Å². The molecule has 0 saturated heterocycles. The second-order valence-corrected chi connectivity index (χ2v) is 6.82. The van der Waals surface area contributed by atoms with Gasteiger partial charge in [0.2, 0.25) is 12.0 Å². The molecule has 3 rings (SSSR count). The van der Waals surface area contributed by atoms with E-state index in [-0.39, 0.29) is 0 Å². The first-order chi connectivity index (χ1) is 13.4. The molecule has 0 radical (unpaired) electrons. The molecule has 0 aliphatic carbocycles. The molecule has 28 heavy (non-hydrogen) atoms. The lowest BCUT2D eigenvalue weighted by Crippen LogP contribution is -2.25. The van der Waals surface area contributed by atoms with Crippen LogP contribution in [0.25, 0.3) is 0 Å². The summed E-state index contributed by atoms with van der Waals surface area (Å²) >= 11 is 12.0. The zero-order valence-corrected chi connectivity index (χ0v) is 16.1. The Morgan fingerprint density at radius 1 is 0.893 bits per heavy atom. The predicted molar refractivity (Wildman–Crippen MR) is 110 cm³/mol. The van der Waals surface area contributed by atoms with Crippen molar-refractivity contribution in [2.75, 3.05) is 5.32 Å². The average Bonchev–Trinajstić information content (AvgIpc) is 2.66. The number of primary amides is 1. The lowest BCUT2D eigenvalue weighted by Gasteiger charge is -2.19. The highest BCUT2D eigenvalue weighted by atomic mass is 35.5. The summed E-state index contributed by atoms with van der Waals surface area (Å²) in [6, 6.07) is 20.0. The molecule has 0 heterocycles. The maximum Gasteiger partial charge on any atom is 0.270 e. The lowest BCUT2D eigenvalue weighted by atomic mass is 10.1. The van der Waals surface area contributed by atoms with Crippen molar-refractivity contribution in [2.45, 2.75) is 6.10 Å². The number of halogens is 2. The van der Waals surface area contributed by atoms with Crippen LogP contribution in [0.3, 0.4) is 0 Å². The number of nitrogens with two attached hydrogens (primary N) is 1. The highest BCUT2D eigenvalue weighted by Gasteiger charge is 2.23.